The number of hydrogen-bond acceptors (Lipinski definition) is 3. The van der Waals surface area contributed by atoms with E-state index in [0.29, 0.717) is 18.8 Å². The highest BCUT2D eigenvalue weighted by Crippen LogP contribution is 2.29. The molecule has 1 saturated heterocycles. The molecule has 6 heteroatoms. The van der Waals surface area contributed by atoms with Crippen molar-refractivity contribution in [3.63, 3.8) is 0 Å². The summed E-state index contributed by atoms with van der Waals surface area (Å²) in [4.78, 5) is 24.6. The van der Waals surface area contributed by atoms with E-state index in [1.54, 1.807) is 0 Å². The topological polar surface area (TPSA) is 46.6 Å². The van der Waals surface area contributed by atoms with Crippen LogP contribution in [0.4, 0.5) is 10.1 Å². The molecule has 1 aliphatic heterocycles. The molecule has 1 aromatic rings. The lowest BCUT2D eigenvalue weighted by atomic mass is 10.1. The molecule has 0 aromatic heterocycles. The standard InChI is InChI=1S/C13H13ClFNO3/c1-19-13(18)9-2-3-10(15)11(5-9)16-7-8(6-14)4-12(16)17/h2-3,5,8H,4,6-7H2,1H3. The van der Waals surface area contributed by atoms with Crippen molar-refractivity contribution in [2.45, 2.75) is 6.42 Å². The van der Waals surface area contributed by atoms with Gasteiger partial charge in [-0.1, -0.05) is 0 Å². The second-order valence-electron chi connectivity index (χ2n) is 4.39. The van der Waals surface area contributed by atoms with Crippen molar-refractivity contribution >= 4 is 29.2 Å². The molecule has 4 nitrogen and oxygen atoms in total. The second-order valence-corrected chi connectivity index (χ2v) is 4.70. The number of ether oxygens (including phenoxy) is 1. The van der Waals surface area contributed by atoms with Gasteiger partial charge in [-0.25, -0.2) is 9.18 Å². The van der Waals surface area contributed by atoms with Gasteiger partial charge < -0.3 is 9.64 Å². The van der Waals surface area contributed by atoms with Crippen molar-refractivity contribution in [1.29, 1.82) is 0 Å². The van der Waals surface area contributed by atoms with Gasteiger partial charge in [0.15, 0.2) is 0 Å². The summed E-state index contributed by atoms with van der Waals surface area (Å²) in [6.07, 6.45) is 0.297. The van der Waals surface area contributed by atoms with E-state index in [9.17, 15) is 14.0 Å². The minimum absolute atomic E-state index is 0.00958. The number of esters is 1. The second kappa shape index (κ2) is 5.57. The summed E-state index contributed by atoms with van der Waals surface area (Å²) in [6.45, 7) is 0.365. The Hall–Kier alpha value is -1.62. The zero-order chi connectivity index (χ0) is 14.0. The van der Waals surface area contributed by atoms with Gasteiger partial charge in [-0.3, -0.25) is 4.79 Å². The van der Waals surface area contributed by atoms with E-state index in [-0.39, 0.29) is 23.1 Å². The Morgan fingerprint density at radius 1 is 1.58 bits per heavy atom. The predicted molar refractivity (Wildman–Crippen MR) is 68.9 cm³/mol. The molecule has 1 aromatic carbocycles. The number of alkyl halides is 1. The Morgan fingerprint density at radius 2 is 2.32 bits per heavy atom. The van der Waals surface area contributed by atoms with Crippen molar-refractivity contribution in [3.8, 4) is 0 Å². The molecule has 1 heterocycles. The first-order valence-electron chi connectivity index (χ1n) is 5.81. The highest BCUT2D eigenvalue weighted by Gasteiger charge is 2.31. The molecule has 1 amide bonds. The molecule has 1 atom stereocenters. The fourth-order valence-corrected chi connectivity index (χ4v) is 2.29. The van der Waals surface area contributed by atoms with Crippen LogP contribution in [-0.4, -0.2) is 31.4 Å². The van der Waals surface area contributed by atoms with Crippen LogP contribution < -0.4 is 4.90 Å². The van der Waals surface area contributed by atoms with E-state index >= 15 is 0 Å². The first kappa shape index (κ1) is 13.8. The quantitative estimate of drug-likeness (QED) is 0.632. The number of nitrogens with zero attached hydrogens (tertiary/aromatic N) is 1. The first-order valence-corrected chi connectivity index (χ1v) is 6.34. The Kier molecular flexibility index (Phi) is 4.04. The number of anilines is 1. The van der Waals surface area contributed by atoms with Gasteiger partial charge in [-0.2, -0.15) is 0 Å². The summed E-state index contributed by atoms with van der Waals surface area (Å²) in [7, 11) is 1.25. The normalized spacial score (nSPS) is 18.8. The van der Waals surface area contributed by atoms with Crippen LogP contribution in [0.15, 0.2) is 18.2 Å². The van der Waals surface area contributed by atoms with Crippen molar-refractivity contribution in [3.05, 3.63) is 29.6 Å². The average molecular weight is 286 g/mol. The Labute approximate surface area is 115 Å². The summed E-state index contributed by atoms with van der Waals surface area (Å²) >= 11 is 5.72. The van der Waals surface area contributed by atoms with Crippen LogP contribution in [0.25, 0.3) is 0 Å². The molecule has 19 heavy (non-hydrogen) atoms. The Morgan fingerprint density at radius 3 is 2.89 bits per heavy atom. The number of rotatable bonds is 3. The van der Waals surface area contributed by atoms with Crippen LogP contribution in [-0.2, 0) is 9.53 Å². The molecular formula is C13H13ClFNO3. The molecule has 0 spiro atoms. The number of carbonyl (C=O) groups excluding carboxylic acids is 2. The van der Waals surface area contributed by atoms with Gasteiger partial charge in [0.25, 0.3) is 0 Å². The minimum atomic E-state index is -0.568. The summed E-state index contributed by atoms with van der Waals surface area (Å²) in [5, 5.41) is 0. The number of benzene rings is 1. The summed E-state index contributed by atoms with van der Waals surface area (Å²) in [6, 6.07) is 3.81. The molecule has 2 rings (SSSR count). The third kappa shape index (κ3) is 2.71. The molecule has 1 fully saturated rings. The number of carbonyl (C=O) groups is 2. The summed E-state index contributed by atoms with van der Waals surface area (Å²) < 4.78 is 18.4. The molecule has 0 radical (unpaired) electrons. The smallest absolute Gasteiger partial charge is 0.337 e. The average Bonchev–Trinajstić information content (AvgIpc) is 2.79. The lowest BCUT2D eigenvalue weighted by molar-refractivity contribution is -0.117. The van der Waals surface area contributed by atoms with Crippen LogP contribution in [0.3, 0.4) is 0 Å². The maximum Gasteiger partial charge on any atom is 0.337 e. The number of amides is 1. The van der Waals surface area contributed by atoms with E-state index in [1.807, 2.05) is 0 Å². The maximum absolute atomic E-state index is 13.8. The van der Waals surface area contributed by atoms with Crippen LogP contribution in [0, 0.1) is 11.7 Å². The van der Waals surface area contributed by atoms with E-state index in [2.05, 4.69) is 4.74 Å². The third-order valence-electron chi connectivity index (χ3n) is 3.08. The molecule has 0 saturated carbocycles. The minimum Gasteiger partial charge on any atom is -0.465 e. The van der Waals surface area contributed by atoms with Crippen molar-refractivity contribution < 1.29 is 18.7 Å². The van der Waals surface area contributed by atoms with Gasteiger partial charge in [-0.05, 0) is 24.1 Å². The fourth-order valence-electron chi connectivity index (χ4n) is 2.08. The largest absolute Gasteiger partial charge is 0.465 e. The number of halogens is 2. The van der Waals surface area contributed by atoms with Crippen LogP contribution >= 0.6 is 11.6 Å². The van der Waals surface area contributed by atoms with Gasteiger partial charge in [0, 0.05) is 18.8 Å². The molecule has 0 aliphatic carbocycles. The van der Waals surface area contributed by atoms with Gasteiger partial charge in [0.05, 0.1) is 18.4 Å². The van der Waals surface area contributed by atoms with Gasteiger partial charge >= 0.3 is 5.97 Å². The van der Waals surface area contributed by atoms with E-state index in [0.717, 1.165) is 6.07 Å². The molecule has 0 bridgehead atoms. The lowest BCUT2D eigenvalue weighted by Gasteiger charge is -2.17. The summed E-state index contributed by atoms with van der Waals surface area (Å²) in [5.41, 5.74) is 0.307. The maximum atomic E-state index is 13.8. The van der Waals surface area contributed by atoms with E-state index in [1.165, 1.54) is 24.1 Å². The lowest BCUT2D eigenvalue weighted by Crippen LogP contribution is -2.26. The van der Waals surface area contributed by atoms with Crippen LogP contribution in [0.2, 0.25) is 0 Å². The molecular weight excluding hydrogens is 273 g/mol. The van der Waals surface area contributed by atoms with Crippen molar-refractivity contribution in [2.24, 2.45) is 5.92 Å². The Bertz CT molecular complexity index is 521. The Balaban J connectivity index is 2.34. The van der Waals surface area contributed by atoms with E-state index < -0.39 is 11.8 Å². The highest BCUT2D eigenvalue weighted by atomic mass is 35.5. The molecule has 1 unspecified atom stereocenters. The highest BCUT2D eigenvalue weighted by molar-refractivity contribution is 6.18. The van der Waals surface area contributed by atoms with Gasteiger partial charge in [-0.15, -0.1) is 11.6 Å². The monoisotopic (exact) mass is 285 g/mol. The van der Waals surface area contributed by atoms with Crippen LogP contribution in [0.1, 0.15) is 16.8 Å². The summed E-state index contributed by atoms with van der Waals surface area (Å²) in [5.74, 6) is -0.944. The predicted octanol–water partition coefficient (Wildman–Crippen LogP) is 2.20. The molecule has 0 N–H and O–H groups in total. The SMILES string of the molecule is COC(=O)c1ccc(F)c(N2CC(CCl)CC2=O)c1. The molecule has 102 valence electrons. The fraction of sp³-hybridized carbons (Fsp3) is 0.385. The molecule has 1 aliphatic rings. The third-order valence-corrected chi connectivity index (χ3v) is 3.52. The van der Waals surface area contributed by atoms with E-state index in [4.69, 9.17) is 11.6 Å². The van der Waals surface area contributed by atoms with Crippen molar-refractivity contribution in [2.75, 3.05) is 24.4 Å². The number of methoxy groups -OCH3 is 1. The van der Waals surface area contributed by atoms with Crippen LogP contribution in [0.5, 0.6) is 0 Å². The van der Waals surface area contributed by atoms with Crippen molar-refractivity contribution in [1.82, 2.24) is 0 Å². The zero-order valence-corrected chi connectivity index (χ0v) is 11.1. The zero-order valence-electron chi connectivity index (χ0n) is 10.4. The first-order chi connectivity index (χ1) is 9.06. The number of hydrogen-bond donors (Lipinski definition) is 0. The van der Waals surface area contributed by atoms with Gasteiger partial charge in [0.2, 0.25) is 5.91 Å². The van der Waals surface area contributed by atoms with Gasteiger partial charge in [0.1, 0.15) is 5.82 Å².